The number of carbonyl (C=O) groups excluding carboxylic acids is 1. The van der Waals surface area contributed by atoms with Gasteiger partial charge in [0.1, 0.15) is 11.0 Å². The lowest BCUT2D eigenvalue weighted by atomic mass is 10.1. The zero-order chi connectivity index (χ0) is 14.5. The van der Waals surface area contributed by atoms with Crippen LogP contribution in [-0.4, -0.2) is 32.3 Å². The number of carbonyl (C=O) groups is 1. The highest BCUT2D eigenvalue weighted by molar-refractivity contribution is 7.92. The van der Waals surface area contributed by atoms with E-state index in [0.717, 1.165) is 6.42 Å². The van der Waals surface area contributed by atoms with Crippen LogP contribution in [0.15, 0.2) is 24.3 Å². The SMILES string of the molecule is CCCCS(=O)(=O)C(C)C(=O)c1ccc(OC)cc1. The lowest BCUT2D eigenvalue weighted by molar-refractivity contribution is 0.0991. The molecule has 19 heavy (non-hydrogen) atoms. The van der Waals surface area contributed by atoms with Crippen LogP contribution >= 0.6 is 0 Å². The molecule has 1 rings (SSSR count). The molecule has 0 N–H and O–H groups in total. The second-order valence-corrected chi connectivity index (χ2v) is 6.90. The molecular weight excluding hydrogens is 264 g/mol. The van der Waals surface area contributed by atoms with Crippen LogP contribution in [0.3, 0.4) is 0 Å². The molecule has 0 aliphatic heterocycles. The van der Waals surface area contributed by atoms with Gasteiger partial charge in [0.2, 0.25) is 0 Å². The van der Waals surface area contributed by atoms with Crippen molar-refractivity contribution in [2.75, 3.05) is 12.9 Å². The van der Waals surface area contributed by atoms with Crippen molar-refractivity contribution in [3.63, 3.8) is 0 Å². The van der Waals surface area contributed by atoms with Crippen molar-refractivity contribution in [1.82, 2.24) is 0 Å². The molecular formula is C14H20O4S. The number of benzene rings is 1. The molecule has 1 unspecified atom stereocenters. The van der Waals surface area contributed by atoms with Crippen LogP contribution in [0.2, 0.25) is 0 Å². The Morgan fingerprint density at radius 2 is 1.84 bits per heavy atom. The Bertz CT molecular complexity index is 517. The smallest absolute Gasteiger partial charge is 0.180 e. The summed E-state index contributed by atoms with van der Waals surface area (Å²) in [5.74, 6) is 0.337. The molecule has 4 nitrogen and oxygen atoms in total. The monoisotopic (exact) mass is 284 g/mol. The van der Waals surface area contributed by atoms with Gasteiger partial charge in [-0.05, 0) is 37.6 Å². The third-order valence-electron chi connectivity index (χ3n) is 3.06. The summed E-state index contributed by atoms with van der Waals surface area (Å²) in [6, 6.07) is 6.48. The van der Waals surface area contributed by atoms with Crippen LogP contribution in [0.25, 0.3) is 0 Å². The third-order valence-corrected chi connectivity index (χ3v) is 5.21. The van der Waals surface area contributed by atoms with E-state index < -0.39 is 15.1 Å². The minimum atomic E-state index is -3.37. The Morgan fingerprint density at radius 3 is 2.32 bits per heavy atom. The van der Waals surface area contributed by atoms with Crippen LogP contribution in [0.5, 0.6) is 5.75 Å². The summed E-state index contributed by atoms with van der Waals surface area (Å²) in [6.07, 6.45) is 1.38. The number of unbranched alkanes of at least 4 members (excludes halogenated alkanes) is 1. The molecule has 0 radical (unpaired) electrons. The van der Waals surface area contributed by atoms with Gasteiger partial charge in [-0.25, -0.2) is 8.42 Å². The Morgan fingerprint density at radius 1 is 1.26 bits per heavy atom. The van der Waals surface area contributed by atoms with Crippen LogP contribution in [0.1, 0.15) is 37.0 Å². The van der Waals surface area contributed by atoms with E-state index in [4.69, 9.17) is 4.74 Å². The Kier molecular flexibility index (Phi) is 5.54. The van der Waals surface area contributed by atoms with Crippen molar-refractivity contribution in [3.05, 3.63) is 29.8 Å². The van der Waals surface area contributed by atoms with Crippen molar-refractivity contribution >= 4 is 15.6 Å². The Hall–Kier alpha value is -1.36. The molecule has 0 bridgehead atoms. The quantitative estimate of drug-likeness (QED) is 0.722. The second kappa shape index (κ2) is 6.70. The van der Waals surface area contributed by atoms with E-state index in [1.165, 1.54) is 14.0 Å². The molecule has 1 atom stereocenters. The maximum absolute atomic E-state index is 12.1. The Labute approximate surface area is 114 Å². The van der Waals surface area contributed by atoms with Crippen LogP contribution < -0.4 is 4.74 Å². The fourth-order valence-corrected chi connectivity index (χ4v) is 3.18. The van der Waals surface area contributed by atoms with Gasteiger partial charge in [-0.3, -0.25) is 4.79 Å². The normalized spacial score (nSPS) is 13.0. The minimum absolute atomic E-state index is 0.0621. The van der Waals surface area contributed by atoms with E-state index in [1.54, 1.807) is 24.3 Å². The Balaban J connectivity index is 2.86. The molecule has 5 heteroatoms. The number of hydrogen-bond donors (Lipinski definition) is 0. The molecule has 0 heterocycles. The standard InChI is InChI=1S/C14H20O4S/c1-4-5-10-19(16,17)11(2)14(15)12-6-8-13(18-3)9-7-12/h6-9,11H,4-5,10H2,1-3H3. The lowest BCUT2D eigenvalue weighted by Gasteiger charge is -2.12. The molecule has 0 amide bonds. The highest BCUT2D eigenvalue weighted by Crippen LogP contribution is 2.16. The van der Waals surface area contributed by atoms with Crippen molar-refractivity contribution in [2.45, 2.75) is 31.9 Å². The van der Waals surface area contributed by atoms with Gasteiger partial charge < -0.3 is 4.74 Å². The molecule has 0 fully saturated rings. The molecule has 0 aliphatic carbocycles. The van der Waals surface area contributed by atoms with E-state index in [0.29, 0.717) is 17.7 Å². The number of hydrogen-bond acceptors (Lipinski definition) is 4. The average Bonchev–Trinajstić information content (AvgIpc) is 2.43. The predicted molar refractivity (Wildman–Crippen MR) is 75.5 cm³/mol. The molecule has 0 spiro atoms. The van der Waals surface area contributed by atoms with Gasteiger partial charge in [-0.1, -0.05) is 13.3 Å². The topological polar surface area (TPSA) is 60.4 Å². The van der Waals surface area contributed by atoms with Crippen LogP contribution in [0, 0.1) is 0 Å². The number of methoxy groups -OCH3 is 1. The van der Waals surface area contributed by atoms with Crippen molar-refractivity contribution < 1.29 is 17.9 Å². The second-order valence-electron chi connectivity index (χ2n) is 4.46. The number of ether oxygens (including phenoxy) is 1. The number of sulfone groups is 1. The summed E-state index contributed by atoms with van der Waals surface area (Å²) in [6.45, 7) is 3.38. The summed E-state index contributed by atoms with van der Waals surface area (Å²) in [4.78, 5) is 12.1. The summed E-state index contributed by atoms with van der Waals surface area (Å²) in [5, 5.41) is -0.993. The fourth-order valence-electron chi connectivity index (χ4n) is 1.68. The largest absolute Gasteiger partial charge is 0.497 e. The highest BCUT2D eigenvalue weighted by atomic mass is 32.2. The third kappa shape index (κ3) is 4.06. The molecule has 1 aromatic rings. The number of ketones is 1. The number of rotatable bonds is 7. The van der Waals surface area contributed by atoms with Gasteiger partial charge in [0.15, 0.2) is 15.6 Å². The maximum atomic E-state index is 12.1. The first-order valence-electron chi connectivity index (χ1n) is 6.32. The summed E-state index contributed by atoms with van der Waals surface area (Å²) < 4.78 is 29.0. The fraction of sp³-hybridized carbons (Fsp3) is 0.500. The van der Waals surface area contributed by atoms with Gasteiger partial charge in [0.05, 0.1) is 12.9 Å². The van der Waals surface area contributed by atoms with Crippen LogP contribution in [0.4, 0.5) is 0 Å². The maximum Gasteiger partial charge on any atom is 0.180 e. The van der Waals surface area contributed by atoms with E-state index in [2.05, 4.69) is 0 Å². The van der Waals surface area contributed by atoms with Crippen LogP contribution in [-0.2, 0) is 9.84 Å². The first-order valence-corrected chi connectivity index (χ1v) is 8.03. The first kappa shape index (κ1) is 15.7. The highest BCUT2D eigenvalue weighted by Gasteiger charge is 2.28. The molecule has 106 valence electrons. The number of Topliss-reactive ketones (excluding diaryl/α,β-unsaturated/α-hetero) is 1. The predicted octanol–water partition coefficient (Wildman–Crippen LogP) is 2.48. The zero-order valence-corrected chi connectivity index (χ0v) is 12.4. The van der Waals surface area contributed by atoms with E-state index in [-0.39, 0.29) is 11.5 Å². The van der Waals surface area contributed by atoms with E-state index >= 15 is 0 Å². The van der Waals surface area contributed by atoms with Gasteiger partial charge in [-0.2, -0.15) is 0 Å². The van der Waals surface area contributed by atoms with Gasteiger partial charge in [0, 0.05) is 5.56 Å². The summed E-state index contributed by atoms with van der Waals surface area (Å²) in [7, 11) is -1.83. The summed E-state index contributed by atoms with van der Waals surface area (Å²) >= 11 is 0. The molecule has 0 aromatic heterocycles. The average molecular weight is 284 g/mol. The van der Waals surface area contributed by atoms with Gasteiger partial charge in [0.25, 0.3) is 0 Å². The van der Waals surface area contributed by atoms with E-state index in [9.17, 15) is 13.2 Å². The van der Waals surface area contributed by atoms with Gasteiger partial charge >= 0.3 is 0 Å². The minimum Gasteiger partial charge on any atom is -0.497 e. The molecule has 1 aromatic carbocycles. The summed E-state index contributed by atoms with van der Waals surface area (Å²) in [5.41, 5.74) is 0.397. The molecule has 0 aliphatic rings. The lowest BCUT2D eigenvalue weighted by Crippen LogP contribution is -2.29. The van der Waals surface area contributed by atoms with Crippen molar-refractivity contribution in [3.8, 4) is 5.75 Å². The van der Waals surface area contributed by atoms with E-state index in [1.807, 2.05) is 6.92 Å². The zero-order valence-electron chi connectivity index (χ0n) is 11.5. The molecule has 0 saturated carbocycles. The van der Waals surface area contributed by atoms with Crippen molar-refractivity contribution in [2.24, 2.45) is 0 Å². The van der Waals surface area contributed by atoms with Crippen molar-refractivity contribution in [1.29, 1.82) is 0 Å². The first-order chi connectivity index (χ1) is 8.92. The van der Waals surface area contributed by atoms with Gasteiger partial charge in [-0.15, -0.1) is 0 Å². The molecule has 0 saturated heterocycles.